The van der Waals surface area contributed by atoms with E-state index >= 15 is 0 Å². The molecular weight excluding hydrogens is 374 g/mol. The molecule has 9 heteroatoms. The molecule has 0 aliphatic carbocycles. The van der Waals surface area contributed by atoms with Crippen LogP contribution in [0.4, 0.5) is 37.7 Å². The molecule has 1 unspecified atom stereocenters. The van der Waals surface area contributed by atoms with Gasteiger partial charge in [0.2, 0.25) is 5.91 Å². The number of carbonyl (C=O) groups excluding carboxylic acids is 1. The number of fused-ring (bicyclic) bond motifs is 1. The number of carbonyl (C=O) groups is 1. The van der Waals surface area contributed by atoms with Crippen LogP contribution in [-0.4, -0.2) is 11.9 Å². The number of alkyl halides is 6. The number of aryl methyl sites for hydroxylation is 1. The van der Waals surface area contributed by atoms with Gasteiger partial charge in [0, 0.05) is 11.4 Å². The fourth-order valence-electron chi connectivity index (χ4n) is 2.89. The van der Waals surface area contributed by atoms with Crippen molar-refractivity contribution in [2.75, 3.05) is 10.6 Å². The second kappa shape index (κ2) is 6.79. The van der Waals surface area contributed by atoms with Crippen LogP contribution in [0.3, 0.4) is 0 Å². The van der Waals surface area contributed by atoms with Crippen molar-refractivity contribution in [3.63, 3.8) is 0 Å². The number of amides is 1. The van der Waals surface area contributed by atoms with Gasteiger partial charge in [-0.15, -0.1) is 0 Å². The smallest absolute Gasteiger partial charge is 0.373 e. The monoisotopic (exact) mass is 388 g/mol. The highest BCUT2D eigenvalue weighted by Crippen LogP contribution is 2.37. The lowest BCUT2D eigenvalue weighted by Gasteiger charge is -2.26. The zero-order valence-corrected chi connectivity index (χ0v) is 13.7. The molecule has 2 aromatic rings. The topological polar surface area (TPSA) is 41.1 Å². The summed E-state index contributed by atoms with van der Waals surface area (Å²) in [5.41, 5.74) is -1.81. The Morgan fingerprint density at radius 2 is 1.56 bits per heavy atom. The van der Waals surface area contributed by atoms with Gasteiger partial charge in [-0.05, 0) is 42.7 Å². The molecule has 3 rings (SSSR count). The summed E-state index contributed by atoms with van der Waals surface area (Å²) in [7, 11) is 0. The fraction of sp³-hybridized carbons (Fsp3) is 0.278. The molecule has 2 N–H and O–H groups in total. The van der Waals surface area contributed by atoms with Crippen LogP contribution in [0.25, 0.3) is 0 Å². The molecule has 0 saturated carbocycles. The van der Waals surface area contributed by atoms with Crippen molar-refractivity contribution in [2.45, 2.75) is 31.2 Å². The molecule has 144 valence electrons. The molecular formula is C18H14F6N2O. The molecule has 2 aromatic carbocycles. The summed E-state index contributed by atoms with van der Waals surface area (Å²) < 4.78 is 77.4. The standard InChI is InChI=1S/C18H14F6N2O/c19-17(20,21)11-7-12(18(22,23)24)9-13(8-11)25-16(27)15-6-5-10-3-1-2-4-14(10)26-15/h1-4,7-9,15,26H,5-6H2,(H,25,27). The average Bonchev–Trinajstić information content (AvgIpc) is 2.59. The van der Waals surface area contributed by atoms with Crippen LogP contribution in [0.2, 0.25) is 0 Å². The number of halogens is 6. The summed E-state index contributed by atoms with van der Waals surface area (Å²) in [4.78, 5) is 12.4. The first-order chi connectivity index (χ1) is 12.5. The molecule has 0 bridgehead atoms. The minimum atomic E-state index is -4.97. The summed E-state index contributed by atoms with van der Waals surface area (Å²) in [6.45, 7) is 0. The second-order valence-electron chi connectivity index (χ2n) is 6.18. The maximum absolute atomic E-state index is 12.9. The summed E-state index contributed by atoms with van der Waals surface area (Å²) >= 11 is 0. The minimum Gasteiger partial charge on any atom is -0.373 e. The third kappa shape index (κ3) is 4.35. The fourth-order valence-corrected chi connectivity index (χ4v) is 2.89. The van der Waals surface area contributed by atoms with Crippen molar-refractivity contribution in [1.29, 1.82) is 0 Å². The first-order valence-electron chi connectivity index (χ1n) is 7.99. The molecule has 1 amide bonds. The molecule has 1 heterocycles. The lowest BCUT2D eigenvalue weighted by molar-refractivity contribution is -0.143. The van der Waals surface area contributed by atoms with E-state index in [9.17, 15) is 31.1 Å². The molecule has 1 atom stereocenters. The first-order valence-corrected chi connectivity index (χ1v) is 7.99. The zero-order valence-electron chi connectivity index (χ0n) is 13.7. The van der Waals surface area contributed by atoms with Gasteiger partial charge in [0.25, 0.3) is 0 Å². The number of para-hydroxylation sites is 1. The molecule has 1 aliphatic heterocycles. The normalized spacial score (nSPS) is 17.0. The van der Waals surface area contributed by atoms with E-state index < -0.39 is 41.1 Å². The molecule has 1 aliphatic rings. The highest BCUT2D eigenvalue weighted by molar-refractivity contribution is 5.97. The molecule has 0 fully saturated rings. The van der Waals surface area contributed by atoms with Gasteiger partial charge in [-0.3, -0.25) is 4.79 Å². The minimum absolute atomic E-state index is 0.0186. The lowest BCUT2D eigenvalue weighted by Crippen LogP contribution is -2.37. The Bertz CT molecular complexity index is 827. The predicted octanol–water partition coefficient (Wildman–Crippen LogP) is 5.09. The SMILES string of the molecule is O=C(Nc1cc(C(F)(F)F)cc(C(F)(F)F)c1)C1CCc2ccccc2N1. The Morgan fingerprint density at radius 3 is 2.15 bits per heavy atom. The number of benzene rings is 2. The Balaban J connectivity index is 1.83. The van der Waals surface area contributed by atoms with Crippen LogP contribution in [-0.2, 0) is 23.6 Å². The summed E-state index contributed by atoms with van der Waals surface area (Å²) in [5.74, 6) is -0.697. The average molecular weight is 388 g/mol. The Morgan fingerprint density at radius 1 is 0.963 bits per heavy atom. The van der Waals surface area contributed by atoms with Gasteiger partial charge in [0.05, 0.1) is 11.1 Å². The van der Waals surface area contributed by atoms with Gasteiger partial charge in [0.15, 0.2) is 0 Å². The second-order valence-corrected chi connectivity index (χ2v) is 6.18. The van der Waals surface area contributed by atoms with Gasteiger partial charge in [-0.1, -0.05) is 18.2 Å². The van der Waals surface area contributed by atoms with Crippen molar-refractivity contribution in [2.24, 2.45) is 0 Å². The van der Waals surface area contributed by atoms with Crippen LogP contribution < -0.4 is 10.6 Å². The van der Waals surface area contributed by atoms with E-state index in [1.807, 2.05) is 12.1 Å². The molecule has 0 aromatic heterocycles. The van der Waals surface area contributed by atoms with Crippen LogP contribution >= 0.6 is 0 Å². The number of hydrogen-bond donors (Lipinski definition) is 2. The number of rotatable bonds is 2. The highest BCUT2D eigenvalue weighted by atomic mass is 19.4. The van der Waals surface area contributed by atoms with Crippen LogP contribution in [0, 0.1) is 0 Å². The molecule has 0 radical (unpaired) electrons. The lowest BCUT2D eigenvalue weighted by atomic mass is 9.97. The van der Waals surface area contributed by atoms with Crippen molar-refractivity contribution in [1.82, 2.24) is 0 Å². The van der Waals surface area contributed by atoms with E-state index in [2.05, 4.69) is 10.6 Å². The van der Waals surface area contributed by atoms with E-state index in [4.69, 9.17) is 0 Å². The van der Waals surface area contributed by atoms with Crippen LogP contribution in [0.5, 0.6) is 0 Å². The van der Waals surface area contributed by atoms with E-state index in [1.54, 1.807) is 12.1 Å². The Labute approximate surface area is 150 Å². The summed E-state index contributed by atoms with van der Waals surface area (Å²) in [5, 5.41) is 5.12. The van der Waals surface area contributed by atoms with Crippen molar-refractivity contribution in [3.8, 4) is 0 Å². The quantitative estimate of drug-likeness (QED) is 0.704. The summed E-state index contributed by atoms with van der Waals surface area (Å²) in [6.07, 6.45) is -9.00. The van der Waals surface area contributed by atoms with Gasteiger partial charge in [-0.2, -0.15) is 26.3 Å². The van der Waals surface area contributed by atoms with E-state index in [-0.39, 0.29) is 6.07 Å². The number of anilines is 2. The highest BCUT2D eigenvalue weighted by Gasteiger charge is 2.37. The maximum atomic E-state index is 12.9. The zero-order chi connectivity index (χ0) is 19.8. The van der Waals surface area contributed by atoms with E-state index in [0.717, 1.165) is 5.56 Å². The third-order valence-electron chi connectivity index (χ3n) is 4.22. The predicted molar refractivity (Wildman–Crippen MR) is 87.2 cm³/mol. The van der Waals surface area contributed by atoms with Crippen LogP contribution in [0.15, 0.2) is 42.5 Å². The van der Waals surface area contributed by atoms with Crippen LogP contribution in [0.1, 0.15) is 23.1 Å². The van der Waals surface area contributed by atoms with Gasteiger partial charge in [0.1, 0.15) is 6.04 Å². The summed E-state index contributed by atoms with van der Waals surface area (Å²) in [6, 6.07) is 7.46. The Kier molecular flexibility index (Phi) is 4.79. The molecule has 0 spiro atoms. The molecule has 27 heavy (non-hydrogen) atoms. The van der Waals surface area contributed by atoms with Gasteiger partial charge < -0.3 is 10.6 Å². The Hall–Kier alpha value is -2.71. The molecule has 0 saturated heterocycles. The van der Waals surface area contributed by atoms with Gasteiger partial charge in [-0.25, -0.2) is 0 Å². The van der Waals surface area contributed by atoms with Crippen molar-refractivity contribution >= 4 is 17.3 Å². The van der Waals surface area contributed by atoms with E-state index in [0.29, 0.717) is 30.7 Å². The molecule has 3 nitrogen and oxygen atoms in total. The maximum Gasteiger partial charge on any atom is 0.416 e. The number of nitrogens with one attached hydrogen (secondary N) is 2. The first kappa shape index (κ1) is 19.1. The third-order valence-corrected chi connectivity index (χ3v) is 4.22. The van der Waals surface area contributed by atoms with Crippen molar-refractivity contribution in [3.05, 3.63) is 59.2 Å². The number of hydrogen-bond acceptors (Lipinski definition) is 2. The largest absolute Gasteiger partial charge is 0.416 e. The van der Waals surface area contributed by atoms with Crippen molar-refractivity contribution < 1.29 is 31.1 Å². The van der Waals surface area contributed by atoms with Gasteiger partial charge >= 0.3 is 12.4 Å². The van der Waals surface area contributed by atoms with E-state index in [1.165, 1.54) is 0 Å².